The summed E-state index contributed by atoms with van der Waals surface area (Å²) in [6.45, 7) is 44.6. The van der Waals surface area contributed by atoms with Crippen LogP contribution in [-0.2, 0) is 17.0 Å². The number of rotatable bonds is 6. The van der Waals surface area contributed by atoms with Crippen LogP contribution in [0.1, 0.15) is 0 Å². The molecule has 0 bridgehead atoms. The van der Waals surface area contributed by atoms with E-state index in [0.717, 1.165) is 0 Å². The van der Waals surface area contributed by atoms with Crippen molar-refractivity contribution in [1.29, 1.82) is 0 Å². The van der Waals surface area contributed by atoms with Crippen LogP contribution in [0.5, 0.6) is 0 Å². The Morgan fingerprint density at radius 1 is 0.351 bits per heavy atom. The molecule has 0 nitrogen and oxygen atoms in total. The van der Waals surface area contributed by atoms with Gasteiger partial charge in [-0.05, 0) is 58.9 Å². The molecule has 0 spiro atoms. The predicted octanol–water partition coefficient (Wildman–Crippen LogP) is 10.9. The molecular weight excluding hydrogens is 624 g/mol. The maximum absolute atomic E-state index is 4.89. The van der Waals surface area contributed by atoms with E-state index in [4.69, 9.17) is 18.6 Å². The van der Waals surface area contributed by atoms with Crippen LogP contribution in [0, 0.1) is 58.9 Å². The Hall–Kier alpha value is 2.60. The van der Waals surface area contributed by atoms with Crippen molar-refractivity contribution in [2.24, 2.45) is 0 Å². The topological polar surface area (TPSA) is 0 Å². The van der Waals surface area contributed by atoms with Gasteiger partial charge < -0.3 is 0 Å². The van der Waals surface area contributed by atoms with Crippen molar-refractivity contribution in [3.05, 3.63) is 58.9 Å². The predicted molar refractivity (Wildman–Crippen MR) is 188 cm³/mol. The van der Waals surface area contributed by atoms with Crippen LogP contribution < -0.4 is 0 Å². The average molecular weight is 682 g/mol. The summed E-state index contributed by atoms with van der Waals surface area (Å²) < 4.78 is 0. The van der Waals surface area contributed by atoms with Crippen molar-refractivity contribution in [3.63, 3.8) is 0 Å². The first-order chi connectivity index (χ1) is 16.1. The standard InChI is InChI=1S/2C14H29Si3.2ClH.Ti/c2*1-15(2,3)12-10-13(16(4,5)6)14(11-12)17(7,8)9;;;/h2*10-11H,1-9H3;2*1H;/q;;;;+2/p-2. The summed E-state index contributed by atoms with van der Waals surface area (Å²) in [5, 5.41) is 0. The molecule has 2 aliphatic rings. The van der Waals surface area contributed by atoms with Crippen LogP contribution in [0.15, 0.2) is 0 Å². The van der Waals surface area contributed by atoms with E-state index < -0.39 is 65.5 Å². The Bertz CT molecular complexity index is 576. The van der Waals surface area contributed by atoms with Gasteiger partial charge in [0.1, 0.15) is 0 Å². The van der Waals surface area contributed by atoms with Gasteiger partial charge in [0.25, 0.3) is 0 Å². The second-order valence-electron chi connectivity index (χ2n) is 16.7. The van der Waals surface area contributed by atoms with E-state index in [0.29, 0.717) is 0 Å². The van der Waals surface area contributed by atoms with Crippen molar-refractivity contribution in [3.8, 4) is 0 Å². The van der Waals surface area contributed by atoms with Crippen LogP contribution in [0.4, 0.5) is 0 Å². The SMILES string of the molecule is C[Si](C)(C)[C]1[CH][C]([Si](C)(C)C)[C]([Si](C)(C)C)[CH]1.C[Si](C)(C)[C]1[CH][C]([Si](C)(C)C)[C]([Si](C)(C)C)[CH]1.[Cl][Ti][Cl]. The Balaban J connectivity index is 0.000000633. The van der Waals surface area contributed by atoms with E-state index in [1.54, 1.807) is 33.2 Å². The van der Waals surface area contributed by atoms with Crippen molar-refractivity contribution in [1.82, 2.24) is 0 Å². The van der Waals surface area contributed by atoms with Gasteiger partial charge in [0.05, 0.1) is 48.4 Å². The maximum atomic E-state index is 4.89. The van der Waals surface area contributed by atoms with E-state index in [1.165, 1.54) is 0 Å². The summed E-state index contributed by atoms with van der Waals surface area (Å²) >= 11 is -0.556. The van der Waals surface area contributed by atoms with Crippen molar-refractivity contribution >= 4 is 67.1 Å². The Labute approximate surface area is 258 Å². The summed E-state index contributed by atoms with van der Waals surface area (Å²) in [4.78, 5) is 0. The summed E-state index contributed by atoms with van der Waals surface area (Å²) in [6, 6.07) is 0. The quantitative estimate of drug-likeness (QED) is 0.245. The molecule has 0 atom stereocenters. The minimum atomic E-state index is -1.19. The Morgan fingerprint density at radius 3 is 0.568 bits per heavy atom. The van der Waals surface area contributed by atoms with Gasteiger partial charge in [-0.1, -0.05) is 118 Å². The zero-order valence-electron chi connectivity index (χ0n) is 27.6. The molecule has 0 amide bonds. The fraction of sp³-hybridized carbons (Fsp3) is 0.643. The van der Waals surface area contributed by atoms with Gasteiger partial charge >= 0.3 is 35.6 Å². The molecule has 0 unspecified atom stereocenters. The van der Waals surface area contributed by atoms with Crippen LogP contribution in [-0.4, -0.2) is 48.4 Å². The molecule has 2 fully saturated rings. The van der Waals surface area contributed by atoms with E-state index >= 15 is 0 Å². The first-order valence-corrected chi connectivity index (χ1v) is 39.0. The molecule has 0 aromatic rings. The molecular formula is C28H58Cl2Si6Ti. The molecule has 0 heterocycles. The molecule has 2 rings (SSSR count). The van der Waals surface area contributed by atoms with Crippen LogP contribution in [0.3, 0.4) is 0 Å². The Morgan fingerprint density at radius 2 is 0.486 bits per heavy atom. The molecule has 2 aliphatic carbocycles. The third kappa shape index (κ3) is 13.2. The van der Waals surface area contributed by atoms with Crippen molar-refractivity contribution < 1.29 is 17.0 Å². The van der Waals surface area contributed by atoms with Gasteiger partial charge in [0, 0.05) is 0 Å². The zero-order chi connectivity index (χ0) is 30.0. The molecule has 212 valence electrons. The van der Waals surface area contributed by atoms with Crippen molar-refractivity contribution in [2.45, 2.75) is 118 Å². The van der Waals surface area contributed by atoms with Crippen LogP contribution in [0.2, 0.25) is 118 Å². The zero-order valence-corrected chi connectivity index (χ0v) is 36.6. The minimum absolute atomic E-state index is 0.556. The number of hydrogen-bond donors (Lipinski definition) is 0. The molecule has 10 radical (unpaired) electrons. The van der Waals surface area contributed by atoms with E-state index in [9.17, 15) is 0 Å². The molecule has 37 heavy (non-hydrogen) atoms. The second-order valence-corrected chi connectivity index (χ2v) is 49.6. The van der Waals surface area contributed by atoms with E-state index in [-0.39, 0.29) is 0 Å². The number of halogens is 2. The van der Waals surface area contributed by atoms with Gasteiger partial charge in [-0.2, -0.15) is 0 Å². The third-order valence-corrected chi connectivity index (χ3v) is 19.4. The summed E-state index contributed by atoms with van der Waals surface area (Å²) in [5.74, 6) is 0. The first-order valence-electron chi connectivity index (χ1n) is 13.7. The average Bonchev–Trinajstić information content (AvgIpc) is 3.26. The first kappa shape index (κ1) is 39.6. The molecule has 0 saturated heterocycles. The molecule has 9 heteroatoms. The molecule has 0 aliphatic heterocycles. The Kier molecular flexibility index (Phi) is 15.4. The van der Waals surface area contributed by atoms with E-state index in [2.05, 4.69) is 144 Å². The normalized spacial score (nSPS) is 21.0. The second kappa shape index (κ2) is 14.4. The van der Waals surface area contributed by atoms with E-state index in [1.807, 2.05) is 0 Å². The van der Waals surface area contributed by atoms with Crippen LogP contribution in [0.25, 0.3) is 0 Å². The van der Waals surface area contributed by atoms with Gasteiger partial charge in [-0.25, -0.2) is 0 Å². The summed E-state index contributed by atoms with van der Waals surface area (Å²) in [7, 11) is 2.71. The third-order valence-electron chi connectivity index (χ3n) is 6.74. The van der Waals surface area contributed by atoms with Gasteiger partial charge in [-0.3, -0.25) is 0 Å². The summed E-state index contributed by atoms with van der Waals surface area (Å²) in [6.07, 6.45) is 10.3. The number of hydrogen-bond acceptors (Lipinski definition) is 0. The van der Waals surface area contributed by atoms with Gasteiger partial charge in [-0.15, -0.1) is 0 Å². The fourth-order valence-electron chi connectivity index (χ4n) is 4.36. The molecule has 0 aromatic carbocycles. The van der Waals surface area contributed by atoms with Gasteiger partial charge in [0.2, 0.25) is 0 Å². The monoisotopic (exact) mass is 680 g/mol. The molecule has 0 N–H and O–H groups in total. The summed E-state index contributed by atoms with van der Waals surface area (Å²) in [5.41, 5.74) is 10.3. The molecule has 0 aromatic heterocycles. The van der Waals surface area contributed by atoms with Crippen molar-refractivity contribution in [2.75, 3.05) is 0 Å². The van der Waals surface area contributed by atoms with Gasteiger partial charge in [0.15, 0.2) is 0 Å². The fourth-order valence-corrected chi connectivity index (χ4v) is 17.6. The van der Waals surface area contributed by atoms with Crippen LogP contribution >= 0.6 is 18.6 Å². The molecule has 2 saturated carbocycles.